The number of imidazole rings is 1. The third-order valence-corrected chi connectivity index (χ3v) is 24.4. The highest BCUT2D eigenvalue weighted by Crippen LogP contribution is 2.52. The van der Waals surface area contributed by atoms with Crippen molar-refractivity contribution in [1.29, 1.82) is 0 Å². The van der Waals surface area contributed by atoms with Gasteiger partial charge in [0.05, 0.1) is 128 Å². The van der Waals surface area contributed by atoms with E-state index in [4.69, 9.17) is 92.6 Å². The summed E-state index contributed by atoms with van der Waals surface area (Å²) in [5, 5.41) is 92.8. The number of nitrogens with zero attached hydrogens (tertiary/aromatic N) is 4. The second-order valence-electron chi connectivity index (χ2n) is 29.5. The van der Waals surface area contributed by atoms with Gasteiger partial charge in [-0.15, -0.1) is 0 Å². The summed E-state index contributed by atoms with van der Waals surface area (Å²) in [5.74, 6) is -1.64. The number of hydrogen-bond acceptors (Lipinski definition) is 38. The summed E-state index contributed by atoms with van der Waals surface area (Å²) < 4.78 is 179. The van der Waals surface area contributed by atoms with Crippen LogP contribution in [0.1, 0.15) is 149 Å². The third kappa shape index (κ3) is 36.6. The predicted octanol–water partition coefficient (Wildman–Crippen LogP) is 2.90. The molecule has 2 aromatic rings. The fourth-order valence-corrected chi connectivity index (χ4v) is 17.1. The summed E-state index contributed by atoms with van der Waals surface area (Å²) in [5.41, 5.74) is -0.342. The molecule has 0 aliphatic carbocycles. The smallest absolute Gasteiger partial charge is 0.394 e. The zero-order valence-corrected chi connectivity index (χ0v) is 72.0. The molecule has 4 fully saturated rings. The number of aryl methyl sites for hydroxylation is 1. The van der Waals surface area contributed by atoms with Crippen LogP contribution in [0.5, 0.6) is 0 Å². The van der Waals surface area contributed by atoms with E-state index in [1.54, 1.807) is 20.8 Å². The molecule has 2 aromatic heterocycles. The van der Waals surface area contributed by atoms with Crippen LogP contribution in [-0.2, 0) is 120 Å². The number of aromatic nitrogens is 4. The molecule has 0 radical (unpaired) electrons. The molecule has 4 saturated heterocycles. The van der Waals surface area contributed by atoms with Crippen LogP contribution in [0.4, 0.5) is 0 Å². The van der Waals surface area contributed by atoms with Crippen LogP contribution < -0.4 is 5.32 Å². The second kappa shape index (κ2) is 52.8. The number of fused-ring (bicyclic) bond motifs is 1. The molecular formula is C68H126N5O40P5. The van der Waals surface area contributed by atoms with Gasteiger partial charge < -0.3 is 123 Å². The van der Waals surface area contributed by atoms with Gasteiger partial charge in [-0.3, -0.25) is 54.6 Å². The lowest BCUT2D eigenvalue weighted by Crippen LogP contribution is -2.64. The van der Waals surface area contributed by atoms with Crippen molar-refractivity contribution in [3.8, 4) is 0 Å². The molecule has 23 atom stereocenters. The molecule has 6 rings (SSSR count). The Labute approximate surface area is 685 Å². The van der Waals surface area contributed by atoms with E-state index in [0.29, 0.717) is 93.9 Å². The van der Waals surface area contributed by atoms with Crippen molar-refractivity contribution in [2.45, 2.75) is 249 Å². The van der Waals surface area contributed by atoms with Crippen molar-refractivity contribution < 1.29 is 191 Å². The number of amides is 1. The normalized spacial score (nSPS) is 29.6. The number of ether oxygens (including phenoxy) is 10. The highest BCUT2D eigenvalue weighted by Gasteiger charge is 2.48. The molecule has 688 valence electrons. The van der Waals surface area contributed by atoms with E-state index in [0.717, 1.165) is 0 Å². The zero-order valence-electron chi connectivity index (χ0n) is 67.5. The highest BCUT2D eigenvalue weighted by molar-refractivity contribution is 7.48. The molecule has 45 nitrogen and oxygen atoms in total. The van der Waals surface area contributed by atoms with Gasteiger partial charge >= 0.3 is 39.1 Å². The molecular weight excluding hydrogens is 1680 g/mol. The number of carbonyl (C=O) groups is 1. The molecule has 15 N–H and O–H groups in total. The van der Waals surface area contributed by atoms with Crippen LogP contribution in [0, 0.1) is 24.2 Å². The van der Waals surface area contributed by atoms with Gasteiger partial charge in [-0.05, 0) is 78.6 Å². The van der Waals surface area contributed by atoms with E-state index >= 15 is 0 Å². The molecule has 4 aliphatic heterocycles. The van der Waals surface area contributed by atoms with Gasteiger partial charge in [-0.25, -0.2) is 37.8 Å². The molecule has 0 saturated carbocycles. The molecule has 118 heavy (non-hydrogen) atoms. The van der Waals surface area contributed by atoms with Crippen molar-refractivity contribution in [3.63, 3.8) is 0 Å². The molecule has 0 spiro atoms. The molecule has 1 amide bonds. The highest BCUT2D eigenvalue weighted by atomic mass is 31.2. The second-order valence-corrected chi connectivity index (χ2v) is 36.7. The minimum absolute atomic E-state index is 0.0406. The number of rotatable bonds is 63. The summed E-state index contributed by atoms with van der Waals surface area (Å²) in [4.78, 5) is 78.5. The Morgan fingerprint density at radius 2 is 0.873 bits per heavy atom. The van der Waals surface area contributed by atoms with Gasteiger partial charge in [0.15, 0.2) is 24.5 Å². The van der Waals surface area contributed by atoms with E-state index < -0.39 is 226 Å². The summed E-state index contributed by atoms with van der Waals surface area (Å²) in [6.07, 6.45) is -9.95. The Morgan fingerprint density at radius 1 is 0.483 bits per heavy atom. The minimum Gasteiger partial charge on any atom is -0.394 e. The lowest BCUT2D eigenvalue weighted by Gasteiger charge is -2.42. The number of phosphoric acid groups is 5. The van der Waals surface area contributed by atoms with Crippen LogP contribution >= 0.6 is 39.1 Å². The fourth-order valence-electron chi connectivity index (χ4n) is 12.7. The molecule has 12 unspecified atom stereocenters. The average molecular weight is 1810 g/mol. The van der Waals surface area contributed by atoms with Gasteiger partial charge in [0.2, 0.25) is 5.91 Å². The SMILES string of the molecule is CC(=O)N[C@H]1C(O)[C@@H](O)C(CO)O[C@H]1OCCCCCCOP(=O)(O)OCCCOCC(COCCCOP(=O)(O)OCCCCCCO[C@@H]1OC(CO)[C@H](O)C(O)[C@@H]1C)(COCCCOP(=O)(O)OCCCCCCO[C@@H]1OC(CO)[C@H](O)C(O)[C@@H]1C)COP(=O)(O)OC[C@H]1O[C@@H](n2cnc3c(C)ncnc32)CC1OP(=O)(O)OC(C)C. The number of aliphatic hydroxyl groups is 9. The maximum absolute atomic E-state index is 14.2. The summed E-state index contributed by atoms with van der Waals surface area (Å²) >= 11 is 0. The molecule has 0 aromatic carbocycles. The number of carbonyl (C=O) groups excluding carboxylic acids is 1. The largest absolute Gasteiger partial charge is 0.472 e. The van der Waals surface area contributed by atoms with Crippen LogP contribution in [0.2, 0.25) is 0 Å². The zero-order chi connectivity index (χ0) is 86.7. The molecule has 50 heteroatoms. The first-order valence-electron chi connectivity index (χ1n) is 39.6. The van der Waals surface area contributed by atoms with Crippen molar-refractivity contribution in [3.05, 3.63) is 18.3 Å². The topological polar surface area (TPSA) is 626 Å². The quantitative estimate of drug-likeness (QED) is 0.0334. The van der Waals surface area contributed by atoms with E-state index in [2.05, 4.69) is 20.3 Å². The fraction of sp³-hybridized carbons (Fsp3) is 0.912. The van der Waals surface area contributed by atoms with Crippen molar-refractivity contribution >= 4 is 56.2 Å². The third-order valence-electron chi connectivity index (χ3n) is 19.2. The van der Waals surface area contributed by atoms with Crippen LogP contribution in [-0.4, -0.2) is 326 Å². The van der Waals surface area contributed by atoms with Gasteiger partial charge in [0.1, 0.15) is 79.0 Å². The monoisotopic (exact) mass is 1810 g/mol. The standard InChI is InChI=1S/C68H126N5O40P5/c1-45(2)112-118(92,93)113-50-34-55(73-44-71-56-48(5)69-43-70-64(56)73)108-54(50)38-106-117(90,91)107-42-68(39-94-22-19-31-103-114(84,85)100-28-16-10-7-13-25-97-65-46(3)58(78)60(80)51(35-74)109-65,40-95-23-20-32-104-115(86,87)101-29-17-11-8-14-26-98-66-47(4)59(79)61(81)52(36-75)110-66)41-96-24-21-33-105-116(88,89)102-30-18-12-9-15-27-99-67-57(72-49(6)77)63(83)62(82)53(37-76)111-67/h43-47,50-55,57-63,65-67,74-76,78-83H,7-42H2,1-6H3,(H,72,77)(H,84,85)(H,86,87)(H,88,89)(H,90,91)(H,92,93)/t46-,47-,50?,51?,52?,53?,54+,55+,57-,58?,59?,60-,61-,62-,63?,65+,66+,67+,68?/m0/s1. The van der Waals surface area contributed by atoms with Crippen LogP contribution in [0.3, 0.4) is 0 Å². The number of phosphoric ester groups is 5. The predicted molar refractivity (Wildman–Crippen MR) is 408 cm³/mol. The van der Waals surface area contributed by atoms with Gasteiger partial charge in [0.25, 0.3) is 0 Å². The molecule has 0 bridgehead atoms. The lowest BCUT2D eigenvalue weighted by atomic mass is 9.92. The van der Waals surface area contributed by atoms with Crippen molar-refractivity contribution in [2.75, 3.05) is 132 Å². The number of nitrogens with one attached hydrogen (secondary N) is 1. The Bertz CT molecular complexity index is 3340. The average Bonchev–Trinajstić information content (AvgIpc) is 1.65. The maximum Gasteiger partial charge on any atom is 0.472 e. The summed E-state index contributed by atoms with van der Waals surface area (Å²) in [6.45, 7) is 2.96. The molecule has 6 heterocycles. The van der Waals surface area contributed by atoms with Crippen molar-refractivity contribution in [1.82, 2.24) is 24.8 Å². The van der Waals surface area contributed by atoms with Gasteiger partial charge in [-0.1, -0.05) is 52.4 Å². The Morgan fingerprint density at radius 3 is 1.29 bits per heavy atom. The van der Waals surface area contributed by atoms with Crippen LogP contribution in [0.25, 0.3) is 11.2 Å². The van der Waals surface area contributed by atoms with E-state index in [1.807, 2.05) is 0 Å². The maximum atomic E-state index is 14.2. The van der Waals surface area contributed by atoms with Gasteiger partial charge in [-0.2, -0.15) is 0 Å². The lowest BCUT2D eigenvalue weighted by molar-refractivity contribution is -0.282. The van der Waals surface area contributed by atoms with Gasteiger partial charge in [0, 0.05) is 64.8 Å². The number of aliphatic hydroxyl groups excluding tert-OH is 9. The first kappa shape index (κ1) is 105. The van der Waals surface area contributed by atoms with E-state index in [-0.39, 0.29) is 98.4 Å². The summed E-state index contributed by atoms with van der Waals surface area (Å²) in [6, 6.07) is -1.12. The number of unbranched alkanes of at least 4 members (excludes halogenated alkanes) is 9. The molecule has 4 aliphatic rings. The first-order valence-corrected chi connectivity index (χ1v) is 47.1. The summed E-state index contributed by atoms with van der Waals surface area (Å²) in [7, 11) is -23.9. The Hall–Kier alpha value is -2.19. The minimum atomic E-state index is -5.27. The van der Waals surface area contributed by atoms with Crippen LogP contribution in [0.15, 0.2) is 12.7 Å². The Balaban J connectivity index is 1.06. The Kier molecular flexibility index (Phi) is 46.8. The number of hydrogen-bond donors (Lipinski definition) is 15. The van der Waals surface area contributed by atoms with E-state index in [9.17, 15) is 98.0 Å². The first-order chi connectivity index (χ1) is 55.9. The van der Waals surface area contributed by atoms with Crippen molar-refractivity contribution in [2.24, 2.45) is 17.3 Å². The van der Waals surface area contributed by atoms with E-state index in [1.165, 1.54) is 38.0 Å².